The fourth-order valence-electron chi connectivity index (χ4n) is 3.22. The zero-order valence-electron chi connectivity index (χ0n) is 18.9. The SMILES string of the molecule is Cc1cc(-c2nc(-c3cc(C)c(OCC(O)CO)c(C)c3)no2)cc(N(C)C(C)C)n1. The lowest BCUT2D eigenvalue weighted by atomic mass is 10.1. The van der Waals surface area contributed by atoms with Gasteiger partial charge in [0.2, 0.25) is 5.82 Å². The second-order valence-electron chi connectivity index (χ2n) is 8.07. The van der Waals surface area contributed by atoms with Crippen molar-refractivity contribution in [1.29, 1.82) is 0 Å². The molecule has 1 aromatic carbocycles. The van der Waals surface area contributed by atoms with Gasteiger partial charge in [0.05, 0.1) is 6.61 Å². The quantitative estimate of drug-likeness (QED) is 0.565. The summed E-state index contributed by atoms with van der Waals surface area (Å²) in [4.78, 5) is 11.3. The molecule has 0 saturated heterocycles. The van der Waals surface area contributed by atoms with E-state index < -0.39 is 6.10 Å². The number of aromatic nitrogens is 3. The summed E-state index contributed by atoms with van der Waals surface area (Å²) in [5.41, 5.74) is 4.27. The zero-order chi connectivity index (χ0) is 22.7. The van der Waals surface area contributed by atoms with E-state index in [0.29, 0.717) is 23.5 Å². The molecule has 1 unspecified atom stereocenters. The monoisotopic (exact) mass is 426 g/mol. The van der Waals surface area contributed by atoms with E-state index in [1.165, 1.54) is 0 Å². The van der Waals surface area contributed by atoms with Gasteiger partial charge in [0, 0.05) is 29.9 Å². The van der Waals surface area contributed by atoms with E-state index in [0.717, 1.165) is 33.8 Å². The van der Waals surface area contributed by atoms with Gasteiger partial charge >= 0.3 is 0 Å². The number of aryl methyl sites for hydroxylation is 3. The first kappa shape index (κ1) is 22.7. The van der Waals surface area contributed by atoms with E-state index in [9.17, 15) is 5.11 Å². The smallest absolute Gasteiger partial charge is 0.258 e. The molecule has 0 bridgehead atoms. The minimum atomic E-state index is -0.915. The number of nitrogens with zero attached hydrogens (tertiary/aromatic N) is 4. The molecule has 2 heterocycles. The Morgan fingerprint density at radius 1 is 1.03 bits per heavy atom. The Balaban J connectivity index is 1.89. The highest BCUT2D eigenvalue weighted by Gasteiger charge is 2.17. The molecule has 2 aromatic heterocycles. The second kappa shape index (κ2) is 9.45. The number of ether oxygens (including phenoxy) is 1. The Bertz CT molecular complexity index is 1020. The van der Waals surface area contributed by atoms with Gasteiger partial charge in [0.15, 0.2) is 0 Å². The molecule has 0 aliphatic carbocycles. The number of rotatable bonds is 8. The highest BCUT2D eigenvalue weighted by Crippen LogP contribution is 2.31. The number of hydrogen-bond acceptors (Lipinski definition) is 8. The van der Waals surface area contributed by atoms with Gasteiger partial charge in [-0.15, -0.1) is 0 Å². The molecule has 8 nitrogen and oxygen atoms in total. The topological polar surface area (TPSA) is 105 Å². The molecule has 3 aromatic rings. The van der Waals surface area contributed by atoms with Crippen LogP contribution in [0.1, 0.15) is 30.7 Å². The van der Waals surface area contributed by atoms with Crippen LogP contribution in [0.25, 0.3) is 22.8 Å². The Labute approximate surface area is 182 Å². The van der Waals surface area contributed by atoms with Crippen molar-refractivity contribution in [2.75, 3.05) is 25.2 Å². The maximum Gasteiger partial charge on any atom is 0.258 e. The van der Waals surface area contributed by atoms with Crippen molar-refractivity contribution < 1.29 is 19.5 Å². The molecule has 2 N–H and O–H groups in total. The van der Waals surface area contributed by atoms with Crippen LogP contribution in [0, 0.1) is 20.8 Å². The molecule has 0 radical (unpaired) electrons. The summed E-state index contributed by atoms with van der Waals surface area (Å²) in [7, 11) is 2.00. The fourth-order valence-corrected chi connectivity index (χ4v) is 3.22. The number of aliphatic hydroxyl groups is 2. The highest BCUT2D eigenvalue weighted by atomic mass is 16.5. The zero-order valence-corrected chi connectivity index (χ0v) is 18.9. The molecular formula is C23H30N4O4. The van der Waals surface area contributed by atoms with Crippen LogP contribution in [0.15, 0.2) is 28.8 Å². The van der Waals surface area contributed by atoms with Crippen molar-refractivity contribution in [1.82, 2.24) is 15.1 Å². The van der Waals surface area contributed by atoms with Gasteiger partial charge in [-0.05, 0) is 70.0 Å². The van der Waals surface area contributed by atoms with Crippen molar-refractivity contribution in [2.45, 2.75) is 46.8 Å². The third-order valence-electron chi connectivity index (χ3n) is 5.10. The van der Waals surface area contributed by atoms with Gasteiger partial charge in [-0.25, -0.2) is 4.98 Å². The van der Waals surface area contributed by atoms with Crippen molar-refractivity contribution in [3.05, 3.63) is 41.1 Å². The molecule has 31 heavy (non-hydrogen) atoms. The van der Waals surface area contributed by atoms with Crippen molar-refractivity contribution in [2.24, 2.45) is 0 Å². The van der Waals surface area contributed by atoms with E-state index in [4.69, 9.17) is 14.4 Å². The summed E-state index contributed by atoms with van der Waals surface area (Å²) in [6, 6.07) is 8.01. The lowest BCUT2D eigenvalue weighted by molar-refractivity contribution is 0.0532. The highest BCUT2D eigenvalue weighted by molar-refractivity contribution is 5.65. The van der Waals surface area contributed by atoms with Crippen LogP contribution in [0.2, 0.25) is 0 Å². The van der Waals surface area contributed by atoms with Crippen LogP contribution in [0.4, 0.5) is 5.82 Å². The number of benzene rings is 1. The summed E-state index contributed by atoms with van der Waals surface area (Å²) in [6.07, 6.45) is -0.915. The van der Waals surface area contributed by atoms with E-state index in [1.807, 2.05) is 52.1 Å². The minimum Gasteiger partial charge on any atom is -0.490 e. The van der Waals surface area contributed by atoms with Gasteiger partial charge in [0.1, 0.15) is 24.3 Å². The minimum absolute atomic E-state index is 0.0262. The summed E-state index contributed by atoms with van der Waals surface area (Å²) >= 11 is 0. The summed E-state index contributed by atoms with van der Waals surface area (Å²) < 4.78 is 11.2. The van der Waals surface area contributed by atoms with Crippen molar-refractivity contribution in [3.8, 4) is 28.6 Å². The van der Waals surface area contributed by atoms with Crippen LogP contribution in [0.3, 0.4) is 0 Å². The number of aliphatic hydroxyl groups excluding tert-OH is 2. The van der Waals surface area contributed by atoms with E-state index in [-0.39, 0.29) is 13.2 Å². The molecule has 0 amide bonds. The Kier molecular flexibility index (Phi) is 6.92. The molecule has 8 heteroatoms. The van der Waals surface area contributed by atoms with E-state index in [1.54, 1.807) is 0 Å². The predicted octanol–water partition coefficient (Wildman–Crippen LogP) is 3.30. The maximum absolute atomic E-state index is 9.53. The molecule has 0 spiro atoms. The normalized spacial score (nSPS) is 12.3. The lowest BCUT2D eigenvalue weighted by Gasteiger charge is -2.23. The van der Waals surface area contributed by atoms with Crippen molar-refractivity contribution >= 4 is 5.82 Å². The molecule has 1 atom stereocenters. The molecule has 0 fully saturated rings. The molecule has 166 valence electrons. The van der Waals surface area contributed by atoms with Gasteiger partial charge in [0.25, 0.3) is 5.89 Å². The van der Waals surface area contributed by atoms with Gasteiger partial charge < -0.3 is 24.4 Å². The Morgan fingerprint density at radius 2 is 1.71 bits per heavy atom. The van der Waals surface area contributed by atoms with E-state index >= 15 is 0 Å². The molecule has 3 rings (SSSR count). The van der Waals surface area contributed by atoms with E-state index in [2.05, 4.69) is 33.9 Å². The number of hydrogen-bond donors (Lipinski definition) is 2. The Morgan fingerprint density at radius 3 is 2.32 bits per heavy atom. The van der Waals surface area contributed by atoms with Crippen LogP contribution >= 0.6 is 0 Å². The molecule has 0 aliphatic rings. The van der Waals surface area contributed by atoms with Crippen LogP contribution in [-0.2, 0) is 0 Å². The summed E-state index contributed by atoms with van der Waals surface area (Å²) in [5, 5.41) is 22.7. The molecule has 0 aliphatic heterocycles. The maximum atomic E-state index is 9.53. The standard InChI is InChI=1S/C23H30N4O4/c1-13(2)27(6)20-10-18(9-16(5)24-20)23-25-22(26-31-23)17-7-14(3)21(15(4)8-17)30-12-19(29)11-28/h7-10,13,19,28-29H,11-12H2,1-6H3. The van der Waals surface area contributed by atoms with Gasteiger partial charge in [-0.1, -0.05) is 5.16 Å². The second-order valence-corrected chi connectivity index (χ2v) is 8.07. The van der Waals surface area contributed by atoms with Gasteiger partial charge in [-0.3, -0.25) is 0 Å². The van der Waals surface area contributed by atoms with Crippen LogP contribution in [0.5, 0.6) is 5.75 Å². The first-order valence-electron chi connectivity index (χ1n) is 10.3. The average molecular weight is 427 g/mol. The average Bonchev–Trinajstić information content (AvgIpc) is 3.22. The molecule has 0 saturated carbocycles. The summed E-state index contributed by atoms with van der Waals surface area (Å²) in [5.74, 6) is 2.44. The Hall–Kier alpha value is -2.97. The van der Waals surface area contributed by atoms with Gasteiger partial charge in [-0.2, -0.15) is 4.98 Å². The number of anilines is 1. The summed E-state index contributed by atoms with van der Waals surface area (Å²) in [6.45, 7) is 9.67. The fraction of sp³-hybridized carbons (Fsp3) is 0.435. The van der Waals surface area contributed by atoms with Crippen LogP contribution < -0.4 is 9.64 Å². The third-order valence-corrected chi connectivity index (χ3v) is 5.10. The lowest BCUT2D eigenvalue weighted by Crippen LogP contribution is -2.26. The first-order chi connectivity index (χ1) is 14.7. The largest absolute Gasteiger partial charge is 0.490 e. The third kappa shape index (κ3) is 5.21. The van der Waals surface area contributed by atoms with Crippen LogP contribution in [-0.4, -0.2) is 57.7 Å². The number of pyridine rings is 1. The molecular weight excluding hydrogens is 396 g/mol. The predicted molar refractivity (Wildman–Crippen MR) is 119 cm³/mol. The van der Waals surface area contributed by atoms with Crippen molar-refractivity contribution in [3.63, 3.8) is 0 Å². The first-order valence-corrected chi connectivity index (χ1v) is 10.3.